The van der Waals surface area contributed by atoms with E-state index in [0.717, 1.165) is 11.3 Å². The molecule has 1 amide bonds. The lowest BCUT2D eigenvalue weighted by Crippen LogP contribution is -2.26. The molecule has 2 heterocycles. The molecule has 0 aliphatic rings. The third-order valence-corrected chi connectivity index (χ3v) is 6.63. The Hall–Kier alpha value is -4.30. The molecule has 8 heteroatoms. The highest BCUT2D eigenvalue weighted by molar-refractivity contribution is 6.06. The predicted molar refractivity (Wildman–Crippen MR) is 154 cm³/mol. The van der Waals surface area contributed by atoms with E-state index in [-0.39, 0.29) is 49.6 Å². The number of aryl methyl sites for hydroxylation is 2. The van der Waals surface area contributed by atoms with Gasteiger partial charge in [0.05, 0.1) is 18.1 Å². The summed E-state index contributed by atoms with van der Waals surface area (Å²) in [6.07, 6.45) is 0.684. The van der Waals surface area contributed by atoms with Crippen molar-refractivity contribution in [2.45, 2.75) is 46.1 Å². The van der Waals surface area contributed by atoms with Gasteiger partial charge in [0.15, 0.2) is 17.3 Å². The molecule has 0 fully saturated rings. The maximum absolute atomic E-state index is 13.7. The standard InChI is InChI=1S/C32H35N3O5/c1-5-26-24(19-27(37)22-11-7-6-8-12-22)18-25-30(40-20(2)3)29(35(4)31(25)34-26)28(38)17-21-10-9-13-23(16-21)32(39)33-14-15-36/h6-13,16,18,20,36H,5,14-15,17,19H2,1-4H3,(H,33,39). The van der Waals surface area contributed by atoms with E-state index in [1.54, 1.807) is 48.0 Å². The van der Waals surface area contributed by atoms with E-state index in [0.29, 0.717) is 45.6 Å². The number of aliphatic hydroxyl groups excluding tert-OH is 1. The van der Waals surface area contributed by atoms with Gasteiger partial charge in [-0.1, -0.05) is 49.4 Å². The lowest BCUT2D eigenvalue weighted by molar-refractivity contribution is 0.0940. The monoisotopic (exact) mass is 541 g/mol. The Kier molecular flexibility index (Phi) is 9.11. The molecule has 2 aromatic heterocycles. The number of hydrogen-bond acceptors (Lipinski definition) is 6. The lowest BCUT2D eigenvalue weighted by Gasteiger charge is -2.12. The molecule has 0 saturated heterocycles. The molecular formula is C32H35N3O5. The molecule has 40 heavy (non-hydrogen) atoms. The fourth-order valence-electron chi connectivity index (χ4n) is 4.78. The van der Waals surface area contributed by atoms with E-state index < -0.39 is 0 Å². The van der Waals surface area contributed by atoms with Crippen LogP contribution in [0.5, 0.6) is 5.75 Å². The van der Waals surface area contributed by atoms with Gasteiger partial charge in [-0.25, -0.2) is 4.98 Å². The Morgan fingerprint density at radius 3 is 2.38 bits per heavy atom. The molecule has 2 N–H and O–H groups in total. The maximum Gasteiger partial charge on any atom is 0.251 e. The van der Waals surface area contributed by atoms with Crippen LogP contribution in [0.2, 0.25) is 0 Å². The van der Waals surface area contributed by atoms with E-state index in [1.807, 2.05) is 45.0 Å². The molecular weight excluding hydrogens is 506 g/mol. The highest BCUT2D eigenvalue weighted by Crippen LogP contribution is 2.35. The van der Waals surface area contributed by atoms with Crippen molar-refractivity contribution < 1.29 is 24.2 Å². The van der Waals surface area contributed by atoms with Gasteiger partial charge >= 0.3 is 0 Å². The molecule has 0 unspecified atom stereocenters. The van der Waals surface area contributed by atoms with Crippen molar-refractivity contribution in [2.24, 2.45) is 7.05 Å². The summed E-state index contributed by atoms with van der Waals surface area (Å²) in [5, 5.41) is 12.3. The van der Waals surface area contributed by atoms with E-state index in [2.05, 4.69) is 5.32 Å². The SMILES string of the molecule is CCc1nc2c(cc1CC(=O)c1ccccc1)c(OC(C)C)c(C(=O)Cc1cccc(C(=O)NCCO)c1)n2C. The number of pyridine rings is 1. The fraction of sp³-hybridized carbons (Fsp3) is 0.312. The summed E-state index contributed by atoms with van der Waals surface area (Å²) >= 11 is 0. The summed E-state index contributed by atoms with van der Waals surface area (Å²) in [6.45, 7) is 5.79. The Bertz CT molecular complexity index is 1540. The van der Waals surface area contributed by atoms with Gasteiger partial charge in [-0.3, -0.25) is 14.4 Å². The highest BCUT2D eigenvalue weighted by atomic mass is 16.5. The van der Waals surface area contributed by atoms with Gasteiger partial charge in [0.2, 0.25) is 0 Å². The normalized spacial score (nSPS) is 11.2. The second-order valence-electron chi connectivity index (χ2n) is 9.97. The lowest BCUT2D eigenvalue weighted by atomic mass is 9.99. The summed E-state index contributed by atoms with van der Waals surface area (Å²) in [4.78, 5) is 44.0. The highest BCUT2D eigenvalue weighted by Gasteiger charge is 2.26. The number of benzene rings is 2. The van der Waals surface area contributed by atoms with Gasteiger partial charge in [0.25, 0.3) is 5.91 Å². The number of carbonyl (C=O) groups excluding carboxylic acids is 3. The molecule has 4 aromatic rings. The van der Waals surface area contributed by atoms with Crippen LogP contribution >= 0.6 is 0 Å². The predicted octanol–water partition coefficient (Wildman–Crippen LogP) is 4.50. The van der Waals surface area contributed by atoms with Crippen molar-refractivity contribution in [3.63, 3.8) is 0 Å². The number of fused-ring (bicyclic) bond motifs is 1. The van der Waals surface area contributed by atoms with Crippen molar-refractivity contribution >= 4 is 28.5 Å². The Labute approximate surface area is 234 Å². The number of carbonyl (C=O) groups is 3. The molecule has 0 saturated carbocycles. The molecule has 4 rings (SSSR count). The molecule has 2 aromatic carbocycles. The molecule has 0 aliphatic carbocycles. The zero-order valence-electron chi connectivity index (χ0n) is 23.4. The first-order valence-corrected chi connectivity index (χ1v) is 13.5. The van der Waals surface area contributed by atoms with Crippen LogP contribution < -0.4 is 10.1 Å². The van der Waals surface area contributed by atoms with Crippen LogP contribution in [0.15, 0.2) is 60.7 Å². The number of nitrogens with zero attached hydrogens (tertiary/aromatic N) is 2. The summed E-state index contributed by atoms with van der Waals surface area (Å²) in [5.74, 6) is -0.0505. The molecule has 208 valence electrons. The van der Waals surface area contributed by atoms with Crippen LogP contribution in [0.25, 0.3) is 11.0 Å². The van der Waals surface area contributed by atoms with Crippen LogP contribution in [0.4, 0.5) is 0 Å². The second-order valence-corrected chi connectivity index (χ2v) is 9.97. The fourth-order valence-corrected chi connectivity index (χ4v) is 4.78. The first kappa shape index (κ1) is 28.7. The minimum absolute atomic E-state index is 0.00193. The van der Waals surface area contributed by atoms with Gasteiger partial charge in [-0.2, -0.15) is 0 Å². The van der Waals surface area contributed by atoms with Gasteiger partial charge in [0, 0.05) is 43.3 Å². The first-order chi connectivity index (χ1) is 19.2. The molecule has 0 bridgehead atoms. The maximum atomic E-state index is 13.7. The largest absolute Gasteiger partial charge is 0.488 e. The molecule has 0 radical (unpaired) electrons. The zero-order chi connectivity index (χ0) is 28.8. The van der Waals surface area contributed by atoms with Crippen molar-refractivity contribution in [2.75, 3.05) is 13.2 Å². The number of aliphatic hydroxyl groups is 1. The quantitative estimate of drug-likeness (QED) is 0.256. The minimum atomic E-state index is -0.314. The summed E-state index contributed by atoms with van der Waals surface area (Å²) in [5.41, 5.74) is 4.34. The van der Waals surface area contributed by atoms with Crippen LogP contribution in [-0.4, -0.2) is 51.4 Å². The number of hydrogen-bond donors (Lipinski definition) is 2. The number of ketones is 2. The van der Waals surface area contributed by atoms with Gasteiger partial charge in [0.1, 0.15) is 11.3 Å². The van der Waals surface area contributed by atoms with E-state index >= 15 is 0 Å². The zero-order valence-corrected chi connectivity index (χ0v) is 23.4. The number of nitrogens with one attached hydrogen (secondary N) is 1. The Morgan fingerprint density at radius 1 is 0.975 bits per heavy atom. The van der Waals surface area contributed by atoms with Crippen LogP contribution in [-0.2, 0) is 26.3 Å². The average Bonchev–Trinajstić information content (AvgIpc) is 3.21. The first-order valence-electron chi connectivity index (χ1n) is 13.5. The molecule has 8 nitrogen and oxygen atoms in total. The summed E-state index contributed by atoms with van der Waals surface area (Å²) in [6, 6.07) is 18.0. The van der Waals surface area contributed by atoms with Crippen LogP contribution in [0, 0.1) is 0 Å². The van der Waals surface area contributed by atoms with E-state index in [4.69, 9.17) is 14.8 Å². The number of ether oxygens (including phenoxy) is 1. The number of Topliss-reactive ketones (excluding diaryl/α,β-unsaturated/α-hetero) is 2. The topological polar surface area (TPSA) is 111 Å². The van der Waals surface area contributed by atoms with Crippen molar-refractivity contribution in [3.05, 3.63) is 94.3 Å². The third-order valence-electron chi connectivity index (χ3n) is 6.63. The number of amides is 1. The van der Waals surface area contributed by atoms with Gasteiger partial charge in [-0.05, 0) is 49.6 Å². The summed E-state index contributed by atoms with van der Waals surface area (Å²) in [7, 11) is 1.79. The van der Waals surface area contributed by atoms with Crippen molar-refractivity contribution in [1.29, 1.82) is 0 Å². The second kappa shape index (κ2) is 12.7. The van der Waals surface area contributed by atoms with Crippen molar-refractivity contribution in [1.82, 2.24) is 14.9 Å². The van der Waals surface area contributed by atoms with Gasteiger partial charge in [-0.15, -0.1) is 0 Å². The average molecular weight is 542 g/mol. The smallest absolute Gasteiger partial charge is 0.251 e. The minimum Gasteiger partial charge on any atom is -0.488 e. The number of aromatic nitrogens is 2. The molecule has 0 atom stereocenters. The third kappa shape index (κ3) is 6.29. The molecule has 0 aliphatic heterocycles. The van der Waals surface area contributed by atoms with E-state index in [1.165, 1.54) is 0 Å². The van der Waals surface area contributed by atoms with Crippen LogP contribution in [0.3, 0.4) is 0 Å². The Balaban J connectivity index is 1.73. The van der Waals surface area contributed by atoms with Crippen molar-refractivity contribution in [3.8, 4) is 5.75 Å². The van der Waals surface area contributed by atoms with E-state index in [9.17, 15) is 14.4 Å². The van der Waals surface area contributed by atoms with Gasteiger partial charge < -0.3 is 19.7 Å². The number of rotatable bonds is 12. The van der Waals surface area contributed by atoms with Crippen LogP contribution in [0.1, 0.15) is 68.8 Å². The molecule has 0 spiro atoms. The summed E-state index contributed by atoms with van der Waals surface area (Å²) < 4.78 is 7.97. The Morgan fingerprint density at radius 2 is 1.70 bits per heavy atom.